The smallest absolute Gasteiger partial charge is 0.197 e. The summed E-state index contributed by atoms with van der Waals surface area (Å²) in [6.07, 6.45) is 4.75. The largest absolute Gasteiger partial charge is 0.330 e. The van der Waals surface area contributed by atoms with Crippen LogP contribution < -0.4 is 0 Å². The van der Waals surface area contributed by atoms with Crippen molar-refractivity contribution >= 4 is 24.1 Å². The highest BCUT2D eigenvalue weighted by atomic mass is 32.1. The number of hydrogen-bond acceptors (Lipinski definition) is 3. The summed E-state index contributed by atoms with van der Waals surface area (Å²) >= 11 is 5.01. The van der Waals surface area contributed by atoms with Crippen LogP contribution in [0.5, 0.6) is 0 Å². The molecule has 0 aliphatic rings. The summed E-state index contributed by atoms with van der Waals surface area (Å²) in [7, 11) is 0. The van der Waals surface area contributed by atoms with Crippen LogP contribution in [-0.4, -0.2) is 16.2 Å². The van der Waals surface area contributed by atoms with Crippen LogP contribution in [0.15, 0.2) is 65.8 Å². The van der Waals surface area contributed by atoms with Crippen molar-refractivity contribution in [2.75, 3.05) is 0 Å². The molecule has 2 aromatic carbocycles. The predicted octanol–water partition coefficient (Wildman–Crippen LogP) is 7.25. The van der Waals surface area contributed by atoms with E-state index in [4.69, 9.17) is 12.2 Å². The summed E-state index contributed by atoms with van der Waals surface area (Å²) < 4.78 is 0.489. The number of nitrogens with one attached hydrogen (secondary N) is 1. The number of hydrogen-bond donors (Lipinski definition) is 1. The first-order chi connectivity index (χ1) is 13.0. The molecule has 142 valence electrons. The second kappa shape index (κ2) is 12.7. The van der Waals surface area contributed by atoms with E-state index < -0.39 is 0 Å². The normalized spacial score (nSPS) is 9.81. The first kappa shape index (κ1) is 22.5. The Bertz CT molecular complexity index is 883. The molecule has 1 heterocycles. The maximum atomic E-state index is 5.01. The lowest BCUT2D eigenvalue weighted by molar-refractivity contribution is 1.09. The number of rotatable bonds is 2. The van der Waals surface area contributed by atoms with Gasteiger partial charge in [0.1, 0.15) is 0 Å². The highest BCUT2D eigenvalue weighted by Gasteiger charge is 2.01. The number of nitrogens with zero attached hydrogens (tertiary/aromatic N) is 2. The van der Waals surface area contributed by atoms with Crippen molar-refractivity contribution in [1.82, 2.24) is 9.97 Å². The molecule has 3 aromatic rings. The minimum absolute atomic E-state index is 0.489. The number of aromatic nitrogens is 2. The molecule has 0 atom stereocenters. The van der Waals surface area contributed by atoms with Gasteiger partial charge in [0.15, 0.2) is 4.77 Å². The molecule has 0 aliphatic carbocycles. The van der Waals surface area contributed by atoms with Gasteiger partial charge in [0.2, 0.25) is 0 Å². The molecule has 0 bridgehead atoms. The van der Waals surface area contributed by atoms with E-state index in [2.05, 4.69) is 53.9 Å². The minimum Gasteiger partial charge on any atom is -0.330 e. The lowest BCUT2D eigenvalue weighted by atomic mass is 10.1. The summed E-state index contributed by atoms with van der Waals surface area (Å²) in [6.45, 7) is 10.3. The minimum atomic E-state index is 0.489. The zero-order valence-electron chi connectivity index (χ0n) is 16.9. The van der Waals surface area contributed by atoms with Gasteiger partial charge in [-0.05, 0) is 50.7 Å². The van der Waals surface area contributed by atoms with Crippen LogP contribution in [-0.2, 0) is 0 Å². The molecule has 4 heteroatoms. The topological polar surface area (TPSA) is 41.0 Å². The van der Waals surface area contributed by atoms with Gasteiger partial charge in [-0.15, -0.1) is 0 Å². The fraction of sp³-hybridized carbons (Fsp3) is 0.261. The summed E-state index contributed by atoms with van der Waals surface area (Å²) in [5, 5.41) is 0. The van der Waals surface area contributed by atoms with Gasteiger partial charge >= 0.3 is 0 Å². The van der Waals surface area contributed by atoms with Crippen molar-refractivity contribution in [2.45, 2.75) is 41.0 Å². The molecule has 0 saturated heterocycles. The molecule has 0 unspecified atom stereocenters. The molecule has 27 heavy (non-hydrogen) atoms. The van der Waals surface area contributed by atoms with Crippen LogP contribution in [0.2, 0.25) is 0 Å². The van der Waals surface area contributed by atoms with E-state index in [0.29, 0.717) is 4.77 Å². The van der Waals surface area contributed by atoms with Gasteiger partial charge < -0.3 is 4.98 Å². The lowest BCUT2D eigenvalue weighted by Crippen LogP contribution is -1.86. The number of H-pyrrole nitrogens is 1. The Hall–Kier alpha value is -2.59. The Morgan fingerprint density at radius 2 is 1.70 bits per heavy atom. The first-order valence-corrected chi connectivity index (χ1v) is 9.59. The van der Waals surface area contributed by atoms with E-state index in [0.717, 1.165) is 22.5 Å². The molecule has 3 nitrogen and oxygen atoms in total. The third-order valence-corrected chi connectivity index (χ3v) is 3.61. The molecule has 3 rings (SSSR count). The first-order valence-electron chi connectivity index (χ1n) is 9.18. The Balaban J connectivity index is 0.000000301. The van der Waals surface area contributed by atoms with Crippen LogP contribution in [0.4, 0.5) is 5.69 Å². The fourth-order valence-electron chi connectivity index (χ4n) is 2.13. The lowest BCUT2D eigenvalue weighted by Gasteiger charge is -2.05. The average Bonchev–Trinajstić information content (AvgIpc) is 2.65. The molecule has 0 amide bonds. The van der Waals surface area contributed by atoms with Crippen LogP contribution in [0, 0.1) is 18.6 Å². The molecular weight excluding hydrogens is 350 g/mol. The Morgan fingerprint density at radius 3 is 2.22 bits per heavy atom. The molecule has 0 fully saturated rings. The van der Waals surface area contributed by atoms with Gasteiger partial charge in [0.25, 0.3) is 0 Å². The van der Waals surface area contributed by atoms with Gasteiger partial charge in [-0.1, -0.05) is 68.3 Å². The molecule has 0 saturated carbocycles. The fourth-order valence-corrected chi connectivity index (χ4v) is 2.30. The van der Waals surface area contributed by atoms with Gasteiger partial charge in [-0.3, -0.25) is 4.99 Å². The van der Waals surface area contributed by atoms with Gasteiger partial charge in [0.05, 0.1) is 5.69 Å². The second-order valence-electron chi connectivity index (χ2n) is 6.04. The Kier molecular flexibility index (Phi) is 10.6. The van der Waals surface area contributed by atoms with E-state index in [1.807, 2.05) is 50.2 Å². The zero-order valence-corrected chi connectivity index (χ0v) is 17.7. The number of aliphatic imine (C=N–C) groups is 1. The van der Waals surface area contributed by atoms with E-state index in [9.17, 15) is 0 Å². The number of aryl methyl sites for hydroxylation is 2. The molecular formula is C23H29N3S. The average molecular weight is 380 g/mol. The summed E-state index contributed by atoms with van der Waals surface area (Å²) in [6, 6.07) is 18.3. The van der Waals surface area contributed by atoms with Crippen LogP contribution in [0.25, 0.3) is 11.3 Å². The molecule has 0 radical (unpaired) electrons. The summed E-state index contributed by atoms with van der Waals surface area (Å²) in [4.78, 5) is 11.4. The maximum absolute atomic E-state index is 5.01. The van der Waals surface area contributed by atoms with Crippen molar-refractivity contribution in [2.24, 2.45) is 4.99 Å². The van der Waals surface area contributed by atoms with Crippen molar-refractivity contribution < 1.29 is 0 Å². The van der Waals surface area contributed by atoms with Crippen LogP contribution >= 0.6 is 12.2 Å². The van der Waals surface area contributed by atoms with E-state index in [1.165, 1.54) is 12.0 Å². The Labute approximate surface area is 168 Å². The van der Waals surface area contributed by atoms with Gasteiger partial charge in [0, 0.05) is 23.7 Å². The molecule has 1 N–H and O–H groups in total. The van der Waals surface area contributed by atoms with Gasteiger partial charge in [-0.2, -0.15) is 0 Å². The Morgan fingerprint density at radius 1 is 1.04 bits per heavy atom. The van der Waals surface area contributed by atoms with Crippen molar-refractivity contribution in [3.63, 3.8) is 0 Å². The number of aromatic amines is 1. The summed E-state index contributed by atoms with van der Waals surface area (Å²) in [5.41, 5.74) is 5.46. The summed E-state index contributed by atoms with van der Waals surface area (Å²) in [5.74, 6) is 0. The number of benzene rings is 2. The van der Waals surface area contributed by atoms with Crippen molar-refractivity contribution in [1.29, 1.82) is 0 Å². The third-order valence-electron chi connectivity index (χ3n) is 3.40. The van der Waals surface area contributed by atoms with E-state index >= 15 is 0 Å². The third kappa shape index (κ3) is 8.56. The highest BCUT2D eigenvalue weighted by molar-refractivity contribution is 7.71. The maximum Gasteiger partial charge on any atom is 0.197 e. The quantitative estimate of drug-likeness (QED) is 0.376. The van der Waals surface area contributed by atoms with Crippen LogP contribution in [0.1, 0.15) is 38.3 Å². The van der Waals surface area contributed by atoms with Crippen LogP contribution in [0.3, 0.4) is 0 Å². The molecule has 0 spiro atoms. The van der Waals surface area contributed by atoms with Gasteiger partial charge in [-0.25, -0.2) is 4.98 Å². The monoisotopic (exact) mass is 379 g/mol. The molecule has 0 aliphatic heterocycles. The van der Waals surface area contributed by atoms with E-state index in [-0.39, 0.29) is 0 Å². The van der Waals surface area contributed by atoms with Crippen molar-refractivity contribution in [3.8, 4) is 11.3 Å². The second-order valence-corrected chi connectivity index (χ2v) is 6.43. The standard InChI is InChI=1S/C13H13N3S.C7H8.C3H8/c1-3-14-12-8-10(5-4-9(12)2)11-6-7-15-13(17)16-11;1-7-5-3-2-4-6-7;1-3-2/h3-8H,1-2H3,(H,15,16,17);2-6H,1H3;3H2,1-2H3. The predicted molar refractivity (Wildman–Crippen MR) is 121 cm³/mol. The highest BCUT2D eigenvalue weighted by Crippen LogP contribution is 2.25. The zero-order chi connectivity index (χ0) is 20.1. The van der Waals surface area contributed by atoms with Crippen molar-refractivity contribution in [3.05, 3.63) is 76.7 Å². The molecule has 1 aromatic heterocycles. The SMILES string of the molecule is CC=Nc1cc(-c2ccnc(=S)[nH]2)ccc1C.CCC.Cc1ccccc1. The van der Waals surface area contributed by atoms with E-state index in [1.54, 1.807) is 12.4 Å².